The van der Waals surface area contributed by atoms with Gasteiger partial charge in [-0.15, -0.1) is 0 Å². The Balaban J connectivity index is 3.00. The number of amides is 1. The summed E-state index contributed by atoms with van der Waals surface area (Å²) in [6.45, 7) is 1.84. The predicted octanol–water partition coefficient (Wildman–Crippen LogP) is 2.84. The predicted molar refractivity (Wildman–Crippen MR) is 58.8 cm³/mol. The summed E-state index contributed by atoms with van der Waals surface area (Å²) >= 11 is 5.91. The summed E-state index contributed by atoms with van der Waals surface area (Å²) in [5.74, 6) is 0.574. The third-order valence-corrected chi connectivity index (χ3v) is 2.22. The van der Waals surface area contributed by atoms with Gasteiger partial charge in [0.05, 0.1) is 19.2 Å². The quantitative estimate of drug-likeness (QED) is 0.848. The molecule has 0 fully saturated rings. The normalized spacial score (nSPS) is 9.60. The van der Waals surface area contributed by atoms with Crippen LogP contribution in [0.25, 0.3) is 0 Å². The monoisotopic (exact) mass is 229 g/mol. The molecule has 0 atom stereocenters. The fraction of sp³-hybridized carbons (Fsp3) is 0.300. The molecule has 0 saturated heterocycles. The minimum absolute atomic E-state index is 0.439. The summed E-state index contributed by atoms with van der Waals surface area (Å²) in [5, 5.41) is 2.99. The standard InChI is InChI=1S/C10H12ClNO3/c1-6-4-9(14-2)7(11)5-8(6)12-10(13)15-3/h4-5H,1-3H3,(H,12,13). The Hall–Kier alpha value is -1.42. The average molecular weight is 230 g/mol. The first kappa shape index (κ1) is 11.7. The molecule has 0 aliphatic carbocycles. The molecule has 0 aliphatic heterocycles. The van der Waals surface area contributed by atoms with Gasteiger partial charge in [0.25, 0.3) is 0 Å². The molecule has 0 heterocycles. The van der Waals surface area contributed by atoms with E-state index in [1.54, 1.807) is 12.1 Å². The molecule has 5 heteroatoms. The number of rotatable bonds is 2. The second-order valence-electron chi connectivity index (χ2n) is 2.92. The van der Waals surface area contributed by atoms with Crippen LogP contribution in [0.3, 0.4) is 0 Å². The summed E-state index contributed by atoms with van der Waals surface area (Å²) in [4.78, 5) is 11.0. The van der Waals surface area contributed by atoms with Gasteiger partial charge in [0.2, 0.25) is 0 Å². The molecule has 0 unspecified atom stereocenters. The van der Waals surface area contributed by atoms with Gasteiger partial charge in [0.15, 0.2) is 0 Å². The third kappa shape index (κ3) is 2.76. The third-order valence-electron chi connectivity index (χ3n) is 1.92. The summed E-state index contributed by atoms with van der Waals surface area (Å²) in [6, 6.07) is 3.36. The molecule has 15 heavy (non-hydrogen) atoms. The van der Waals surface area contributed by atoms with Crippen LogP contribution < -0.4 is 10.1 Å². The molecule has 4 nitrogen and oxygen atoms in total. The van der Waals surface area contributed by atoms with Crippen molar-refractivity contribution in [2.75, 3.05) is 19.5 Å². The molecule has 82 valence electrons. The van der Waals surface area contributed by atoms with Crippen LogP contribution in [0.4, 0.5) is 10.5 Å². The van der Waals surface area contributed by atoms with E-state index in [2.05, 4.69) is 10.1 Å². The van der Waals surface area contributed by atoms with Crippen LogP contribution in [0, 0.1) is 6.92 Å². The Kier molecular flexibility index (Phi) is 3.80. The van der Waals surface area contributed by atoms with Gasteiger partial charge in [-0.2, -0.15) is 0 Å². The molecular weight excluding hydrogens is 218 g/mol. The van der Waals surface area contributed by atoms with Crippen molar-refractivity contribution in [3.63, 3.8) is 0 Å². The molecule has 1 rings (SSSR count). The lowest BCUT2D eigenvalue weighted by Crippen LogP contribution is -2.11. The number of methoxy groups -OCH3 is 2. The van der Waals surface area contributed by atoms with Crippen LogP contribution in [-0.2, 0) is 4.74 Å². The Bertz CT molecular complexity index is 379. The van der Waals surface area contributed by atoms with E-state index in [9.17, 15) is 4.79 Å². The molecule has 1 aromatic rings. The van der Waals surface area contributed by atoms with E-state index in [1.807, 2.05) is 6.92 Å². The average Bonchev–Trinajstić information content (AvgIpc) is 2.22. The number of carbonyl (C=O) groups excluding carboxylic acids is 1. The second-order valence-corrected chi connectivity index (χ2v) is 3.33. The van der Waals surface area contributed by atoms with E-state index in [4.69, 9.17) is 16.3 Å². The first-order valence-corrected chi connectivity index (χ1v) is 4.65. The maximum Gasteiger partial charge on any atom is 0.411 e. The topological polar surface area (TPSA) is 47.6 Å². The second kappa shape index (κ2) is 4.89. The van der Waals surface area contributed by atoms with Crippen molar-refractivity contribution in [1.82, 2.24) is 0 Å². The van der Waals surface area contributed by atoms with Gasteiger partial charge in [-0.3, -0.25) is 5.32 Å². The summed E-state index contributed by atoms with van der Waals surface area (Å²) in [7, 11) is 2.84. The lowest BCUT2D eigenvalue weighted by molar-refractivity contribution is 0.187. The number of halogens is 1. The van der Waals surface area contributed by atoms with Gasteiger partial charge < -0.3 is 9.47 Å². The lowest BCUT2D eigenvalue weighted by Gasteiger charge is -2.10. The number of hydrogen-bond acceptors (Lipinski definition) is 3. The molecule has 0 bridgehead atoms. The van der Waals surface area contributed by atoms with Crippen molar-refractivity contribution in [1.29, 1.82) is 0 Å². The van der Waals surface area contributed by atoms with Crippen molar-refractivity contribution in [3.8, 4) is 5.75 Å². The molecule has 1 N–H and O–H groups in total. The smallest absolute Gasteiger partial charge is 0.411 e. The van der Waals surface area contributed by atoms with E-state index < -0.39 is 6.09 Å². The minimum Gasteiger partial charge on any atom is -0.495 e. The Morgan fingerprint density at radius 3 is 2.60 bits per heavy atom. The zero-order chi connectivity index (χ0) is 11.4. The van der Waals surface area contributed by atoms with Crippen LogP contribution in [0.1, 0.15) is 5.56 Å². The van der Waals surface area contributed by atoms with E-state index in [0.29, 0.717) is 16.5 Å². The van der Waals surface area contributed by atoms with Crippen molar-refractivity contribution in [3.05, 3.63) is 22.7 Å². The minimum atomic E-state index is -0.528. The highest BCUT2D eigenvalue weighted by molar-refractivity contribution is 6.32. The highest BCUT2D eigenvalue weighted by Gasteiger charge is 2.08. The molecule has 0 aromatic heterocycles. The summed E-state index contributed by atoms with van der Waals surface area (Å²) in [6.07, 6.45) is -0.528. The molecule has 1 amide bonds. The molecular formula is C10H12ClNO3. The molecule has 0 saturated carbocycles. The van der Waals surface area contributed by atoms with Gasteiger partial charge in [0, 0.05) is 5.69 Å². The van der Waals surface area contributed by atoms with Crippen LogP contribution in [0.15, 0.2) is 12.1 Å². The maximum atomic E-state index is 11.0. The molecule has 0 radical (unpaired) electrons. The van der Waals surface area contributed by atoms with Crippen LogP contribution in [0.5, 0.6) is 5.75 Å². The van der Waals surface area contributed by atoms with Crippen molar-refractivity contribution in [2.24, 2.45) is 0 Å². The summed E-state index contributed by atoms with van der Waals surface area (Å²) < 4.78 is 9.52. The van der Waals surface area contributed by atoms with E-state index >= 15 is 0 Å². The first-order valence-electron chi connectivity index (χ1n) is 4.27. The molecule has 0 aliphatic rings. The Morgan fingerprint density at radius 1 is 1.40 bits per heavy atom. The first-order chi connectivity index (χ1) is 7.08. The Morgan fingerprint density at radius 2 is 2.07 bits per heavy atom. The number of ether oxygens (including phenoxy) is 2. The summed E-state index contributed by atoms with van der Waals surface area (Å²) in [5.41, 5.74) is 1.45. The zero-order valence-electron chi connectivity index (χ0n) is 8.76. The fourth-order valence-corrected chi connectivity index (χ4v) is 1.35. The number of hydrogen-bond donors (Lipinski definition) is 1. The number of anilines is 1. The van der Waals surface area contributed by atoms with Gasteiger partial charge in [0.1, 0.15) is 5.75 Å². The van der Waals surface area contributed by atoms with E-state index in [0.717, 1.165) is 5.56 Å². The highest BCUT2D eigenvalue weighted by Crippen LogP contribution is 2.30. The van der Waals surface area contributed by atoms with Gasteiger partial charge in [-0.25, -0.2) is 4.79 Å². The number of benzene rings is 1. The van der Waals surface area contributed by atoms with Gasteiger partial charge in [-0.05, 0) is 24.6 Å². The number of aryl methyl sites for hydroxylation is 1. The SMILES string of the molecule is COC(=O)Nc1cc(Cl)c(OC)cc1C. The largest absolute Gasteiger partial charge is 0.495 e. The number of nitrogens with one attached hydrogen (secondary N) is 1. The fourth-order valence-electron chi connectivity index (χ4n) is 1.11. The Labute approximate surface area is 93.1 Å². The lowest BCUT2D eigenvalue weighted by atomic mass is 10.2. The van der Waals surface area contributed by atoms with E-state index in [-0.39, 0.29) is 0 Å². The van der Waals surface area contributed by atoms with Gasteiger partial charge >= 0.3 is 6.09 Å². The molecule has 1 aromatic carbocycles. The maximum absolute atomic E-state index is 11.0. The van der Waals surface area contributed by atoms with Crippen molar-refractivity contribution >= 4 is 23.4 Å². The zero-order valence-corrected chi connectivity index (χ0v) is 9.51. The number of carbonyl (C=O) groups is 1. The van der Waals surface area contributed by atoms with Gasteiger partial charge in [-0.1, -0.05) is 11.6 Å². The van der Waals surface area contributed by atoms with Crippen molar-refractivity contribution < 1.29 is 14.3 Å². The van der Waals surface area contributed by atoms with Crippen molar-refractivity contribution in [2.45, 2.75) is 6.92 Å². The van der Waals surface area contributed by atoms with Crippen LogP contribution in [-0.4, -0.2) is 20.3 Å². The van der Waals surface area contributed by atoms with Crippen LogP contribution >= 0.6 is 11.6 Å². The van der Waals surface area contributed by atoms with E-state index in [1.165, 1.54) is 14.2 Å². The van der Waals surface area contributed by atoms with Crippen LogP contribution in [0.2, 0.25) is 5.02 Å². The molecule has 0 spiro atoms. The highest BCUT2D eigenvalue weighted by atomic mass is 35.5.